The number of hydrogen-bond donors (Lipinski definition) is 1. The zero-order valence-corrected chi connectivity index (χ0v) is 12.9. The molecule has 20 heavy (non-hydrogen) atoms. The highest BCUT2D eigenvalue weighted by Crippen LogP contribution is 2.23. The van der Waals surface area contributed by atoms with E-state index in [9.17, 15) is 4.39 Å². The molecule has 0 amide bonds. The fourth-order valence-electron chi connectivity index (χ4n) is 2.17. The van der Waals surface area contributed by atoms with Gasteiger partial charge in [0.05, 0.1) is 6.61 Å². The average molecular weight is 281 g/mol. The van der Waals surface area contributed by atoms with Crippen LogP contribution in [0.15, 0.2) is 18.2 Å². The summed E-state index contributed by atoms with van der Waals surface area (Å²) < 4.78 is 19.5. The van der Waals surface area contributed by atoms with Crippen LogP contribution < -0.4 is 10.1 Å². The van der Waals surface area contributed by atoms with Crippen molar-refractivity contribution in [3.05, 3.63) is 29.6 Å². The van der Waals surface area contributed by atoms with E-state index in [4.69, 9.17) is 4.74 Å². The van der Waals surface area contributed by atoms with E-state index in [1.807, 2.05) is 13.0 Å². The Morgan fingerprint density at radius 1 is 1.05 bits per heavy atom. The van der Waals surface area contributed by atoms with Crippen molar-refractivity contribution < 1.29 is 9.13 Å². The Morgan fingerprint density at radius 2 is 1.80 bits per heavy atom. The Kier molecular flexibility index (Phi) is 9.05. The molecule has 2 nitrogen and oxygen atoms in total. The summed E-state index contributed by atoms with van der Waals surface area (Å²) in [6.45, 7) is 6.38. The van der Waals surface area contributed by atoms with Gasteiger partial charge in [-0.3, -0.25) is 0 Å². The lowest BCUT2D eigenvalue weighted by Gasteiger charge is -2.12. The first-order valence-corrected chi connectivity index (χ1v) is 7.90. The van der Waals surface area contributed by atoms with Crippen molar-refractivity contribution in [3.63, 3.8) is 0 Å². The normalized spacial score (nSPS) is 10.8. The van der Waals surface area contributed by atoms with Gasteiger partial charge in [0.15, 0.2) is 11.6 Å². The molecular weight excluding hydrogens is 253 g/mol. The van der Waals surface area contributed by atoms with Crippen LogP contribution in [0.1, 0.15) is 57.9 Å². The first kappa shape index (κ1) is 17.0. The fraction of sp³-hybridized carbons (Fsp3) is 0.647. The molecule has 0 aliphatic rings. The Labute approximate surface area is 122 Å². The van der Waals surface area contributed by atoms with Crippen molar-refractivity contribution in [2.75, 3.05) is 13.2 Å². The van der Waals surface area contributed by atoms with Gasteiger partial charge in [0, 0.05) is 12.1 Å². The molecule has 0 aliphatic carbocycles. The minimum atomic E-state index is -0.258. The standard InChI is InChI=1S/C17H28FNO/c1-3-5-6-7-8-9-13-20-17-15(14-19-4-2)11-10-12-16(17)18/h10-12,19H,3-9,13-14H2,1-2H3. The van der Waals surface area contributed by atoms with Crippen molar-refractivity contribution in [2.45, 2.75) is 58.9 Å². The molecule has 0 saturated heterocycles. The molecule has 114 valence electrons. The molecule has 0 fully saturated rings. The molecule has 1 aromatic rings. The fourth-order valence-corrected chi connectivity index (χ4v) is 2.17. The number of benzene rings is 1. The predicted molar refractivity (Wildman–Crippen MR) is 82.7 cm³/mol. The lowest BCUT2D eigenvalue weighted by atomic mass is 10.1. The number of unbranched alkanes of at least 4 members (excludes halogenated alkanes) is 5. The summed E-state index contributed by atoms with van der Waals surface area (Å²) in [6.07, 6.45) is 7.27. The number of halogens is 1. The van der Waals surface area contributed by atoms with Crippen LogP contribution in [0.25, 0.3) is 0 Å². The van der Waals surface area contributed by atoms with Gasteiger partial charge >= 0.3 is 0 Å². The van der Waals surface area contributed by atoms with E-state index in [2.05, 4.69) is 12.2 Å². The Hall–Kier alpha value is -1.09. The Balaban J connectivity index is 2.34. The molecule has 0 atom stereocenters. The van der Waals surface area contributed by atoms with E-state index in [-0.39, 0.29) is 5.82 Å². The molecule has 1 N–H and O–H groups in total. The third kappa shape index (κ3) is 6.38. The number of ether oxygens (including phenoxy) is 1. The van der Waals surface area contributed by atoms with Crippen molar-refractivity contribution in [3.8, 4) is 5.75 Å². The highest BCUT2D eigenvalue weighted by molar-refractivity contribution is 5.34. The summed E-state index contributed by atoms with van der Waals surface area (Å²) in [5.41, 5.74) is 0.901. The lowest BCUT2D eigenvalue weighted by Crippen LogP contribution is -2.13. The number of para-hydroxylation sites is 1. The third-order valence-electron chi connectivity index (χ3n) is 3.36. The third-order valence-corrected chi connectivity index (χ3v) is 3.36. The quantitative estimate of drug-likeness (QED) is 0.595. The molecule has 0 aromatic heterocycles. The molecule has 1 rings (SSSR count). The average Bonchev–Trinajstić information content (AvgIpc) is 2.46. The predicted octanol–water partition coefficient (Wildman–Crippen LogP) is 4.67. The zero-order chi connectivity index (χ0) is 14.6. The van der Waals surface area contributed by atoms with Gasteiger partial charge < -0.3 is 10.1 Å². The molecule has 0 aliphatic heterocycles. The van der Waals surface area contributed by atoms with E-state index in [1.165, 1.54) is 31.7 Å². The van der Waals surface area contributed by atoms with Crippen LogP contribution in [0.5, 0.6) is 5.75 Å². The van der Waals surface area contributed by atoms with Gasteiger partial charge in [0.25, 0.3) is 0 Å². The molecule has 0 heterocycles. The van der Waals surface area contributed by atoms with Crippen molar-refractivity contribution in [1.29, 1.82) is 0 Å². The maximum atomic E-state index is 13.8. The van der Waals surface area contributed by atoms with Gasteiger partial charge in [-0.2, -0.15) is 0 Å². The molecule has 3 heteroatoms. The van der Waals surface area contributed by atoms with E-state index in [0.717, 1.165) is 24.9 Å². The minimum Gasteiger partial charge on any atom is -0.490 e. The minimum absolute atomic E-state index is 0.258. The zero-order valence-electron chi connectivity index (χ0n) is 12.9. The molecule has 1 aromatic carbocycles. The van der Waals surface area contributed by atoms with Crippen LogP contribution >= 0.6 is 0 Å². The van der Waals surface area contributed by atoms with Gasteiger partial charge in [0.1, 0.15) is 0 Å². The number of rotatable bonds is 11. The molecule has 0 bridgehead atoms. The first-order valence-electron chi connectivity index (χ1n) is 7.90. The van der Waals surface area contributed by atoms with E-state index in [0.29, 0.717) is 18.9 Å². The van der Waals surface area contributed by atoms with Crippen LogP contribution in [0.3, 0.4) is 0 Å². The van der Waals surface area contributed by atoms with Gasteiger partial charge in [-0.1, -0.05) is 58.1 Å². The van der Waals surface area contributed by atoms with E-state index in [1.54, 1.807) is 6.07 Å². The molecule has 0 spiro atoms. The monoisotopic (exact) mass is 281 g/mol. The van der Waals surface area contributed by atoms with Gasteiger partial charge in [0.2, 0.25) is 0 Å². The highest BCUT2D eigenvalue weighted by atomic mass is 19.1. The van der Waals surface area contributed by atoms with Crippen molar-refractivity contribution >= 4 is 0 Å². The van der Waals surface area contributed by atoms with Crippen LogP contribution in [0, 0.1) is 5.82 Å². The highest BCUT2D eigenvalue weighted by Gasteiger charge is 2.09. The maximum Gasteiger partial charge on any atom is 0.165 e. The smallest absolute Gasteiger partial charge is 0.165 e. The van der Waals surface area contributed by atoms with Gasteiger partial charge in [-0.25, -0.2) is 4.39 Å². The summed E-state index contributed by atoms with van der Waals surface area (Å²) in [5, 5.41) is 3.21. The second-order valence-corrected chi connectivity index (χ2v) is 5.12. The van der Waals surface area contributed by atoms with E-state index >= 15 is 0 Å². The molecule has 0 radical (unpaired) electrons. The summed E-state index contributed by atoms with van der Waals surface area (Å²) >= 11 is 0. The second-order valence-electron chi connectivity index (χ2n) is 5.12. The SMILES string of the molecule is CCCCCCCCOc1c(F)cccc1CNCC. The number of nitrogens with one attached hydrogen (secondary N) is 1. The van der Waals surface area contributed by atoms with E-state index < -0.39 is 0 Å². The number of hydrogen-bond acceptors (Lipinski definition) is 2. The van der Waals surface area contributed by atoms with Crippen LogP contribution in [0.4, 0.5) is 4.39 Å². The van der Waals surface area contributed by atoms with Crippen LogP contribution in [0.2, 0.25) is 0 Å². The van der Waals surface area contributed by atoms with Gasteiger partial charge in [-0.05, 0) is 19.0 Å². The largest absolute Gasteiger partial charge is 0.490 e. The molecule has 0 saturated carbocycles. The Morgan fingerprint density at radius 3 is 2.55 bits per heavy atom. The summed E-state index contributed by atoms with van der Waals surface area (Å²) in [5.74, 6) is 0.161. The topological polar surface area (TPSA) is 21.3 Å². The van der Waals surface area contributed by atoms with Crippen LogP contribution in [-0.4, -0.2) is 13.2 Å². The summed E-state index contributed by atoms with van der Waals surface area (Å²) in [6, 6.07) is 5.12. The van der Waals surface area contributed by atoms with Crippen molar-refractivity contribution in [1.82, 2.24) is 5.32 Å². The first-order chi connectivity index (χ1) is 9.79. The maximum absolute atomic E-state index is 13.8. The van der Waals surface area contributed by atoms with Crippen molar-refractivity contribution in [2.24, 2.45) is 0 Å². The lowest BCUT2D eigenvalue weighted by molar-refractivity contribution is 0.286. The summed E-state index contributed by atoms with van der Waals surface area (Å²) in [4.78, 5) is 0. The second kappa shape index (κ2) is 10.7. The molecule has 0 unspecified atom stereocenters. The summed E-state index contributed by atoms with van der Waals surface area (Å²) in [7, 11) is 0. The van der Waals surface area contributed by atoms with Crippen LogP contribution in [-0.2, 0) is 6.54 Å². The Bertz CT molecular complexity index is 368. The van der Waals surface area contributed by atoms with Gasteiger partial charge in [-0.15, -0.1) is 0 Å². The molecular formula is C17H28FNO.